The lowest BCUT2D eigenvalue weighted by atomic mass is 10.2. The fourth-order valence-corrected chi connectivity index (χ4v) is 2.50. The van der Waals surface area contributed by atoms with E-state index in [0.717, 1.165) is 11.1 Å². The van der Waals surface area contributed by atoms with Crippen molar-refractivity contribution < 1.29 is 4.42 Å². The lowest BCUT2D eigenvalue weighted by Crippen LogP contribution is -1.77. The topological polar surface area (TPSA) is 38.9 Å². The number of rotatable bonds is 3. The summed E-state index contributed by atoms with van der Waals surface area (Å²) in [5.41, 5.74) is 1.58. The monoisotopic (exact) mass is 350 g/mol. The summed E-state index contributed by atoms with van der Waals surface area (Å²) < 4.78 is 5.57. The number of aromatic nitrogens is 2. The highest BCUT2D eigenvalue weighted by atomic mass is 35.5. The maximum atomic E-state index is 6.10. The Balaban J connectivity index is 1.83. The van der Waals surface area contributed by atoms with Crippen molar-refractivity contribution in [3.05, 3.63) is 69.0 Å². The maximum absolute atomic E-state index is 6.10. The van der Waals surface area contributed by atoms with Crippen LogP contribution in [-0.4, -0.2) is 10.2 Å². The van der Waals surface area contributed by atoms with Crippen LogP contribution in [0.3, 0.4) is 0 Å². The van der Waals surface area contributed by atoms with E-state index in [-0.39, 0.29) is 0 Å². The van der Waals surface area contributed by atoms with Crippen molar-refractivity contribution in [1.29, 1.82) is 0 Å². The van der Waals surface area contributed by atoms with Crippen molar-refractivity contribution in [1.82, 2.24) is 10.2 Å². The number of hydrogen-bond donors (Lipinski definition) is 0. The summed E-state index contributed by atoms with van der Waals surface area (Å²) in [5, 5.41) is 9.72. The molecule has 110 valence electrons. The number of halogens is 3. The average Bonchev–Trinajstić information content (AvgIpc) is 2.95. The summed E-state index contributed by atoms with van der Waals surface area (Å²) in [7, 11) is 0. The molecule has 3 nitrogen and oxygen atoms in total. The molecule has 0 saturated heterocycles. The van der Waals surface area contributed by atoms with Crippen molar-refractivity contribution in [3.8, 4) is 11.5 Å². The van der Waals surface area contributed by atoms with Gasteiger partial charge in [-0.05, 0) is 42.0 Å². The van der Waals surface area contributed by atoms with Crippen LogP contribution in [0.25, 0.3) is 23.6 Å². The molecule has 0 N–H and O–H groups in total. The summed E-state index contributed by atoms with van der Waals surface area (Å²) in [4.78, 5) is 0. The van der Waals surface area contributed by atoms with E-state index in [4.69, 9.17) is 39.2 Å². The molecular weight excluding hydrogens is 343 g/mol. The minimum Gasteiger partial charge on any atom is -0.417 e. The highest BCUT2D eigenvalue weighted by Gasteiger charge is 2.07. The van der Waals surface area contributed by atoms with Gasteiger partial charge in [-0.3, -0.25) is 0 Å². The average molecular weight is 352 g/mol. The zero-order valence-electron chi connectivity index (χ0n) is 11.1. The van der Waals surface area contributed by atoms with Crippen LogP contribution in [-0.2, 0) is 0 Å². The maximum Gasteiger partial charge on any atom is 0.248 e. The predicted molar refractivity (Wildman–Crippen MR) is 90.1 cm³/mol. The van der Waals surface area contributed by atoms with Crippen LogP contribution in [0.2, 0.25) is 15.1 Å². The SMILES string of the molecule is Clc1cccc(-c2nnc(/C=C/c3ccc(Cl)cc3Cl)o2)c1. The van der Waals surface area contributed by atoms with E-state index in [2.05, 4.69) is 10.2 Å². The molecule has 0 saturated carbocycles. The second-order valence-electron chi connectivity index (χ2n) is 4.45. The third-order valence-electron chi connectivity index (χ3n) is 2.88. The van der Waals surface area contributed by atoms with Crippen molar-refractivity contribution in [2.75, 3.05) is 0 Å². The smallest absolute Gasteiger partial charge is 0.248 e. The predicted octanol–water partition coefficient (Wildman–Crippen LogP) is 5.87. The molecule has 0 fully saturated rings. The quantitative estimate of drug-likeness (QED) is 0.592. The van der Waals surface area contributed by atoms with Gasteiger partial charge >= 0.3 is 0 Å². The van der Waals surface area contributed by atoms with Crippen LogP contribution in [0.5, 0.6) is 0 Å². The Bertz CT molecular complexity index is 843. The molecule has 2 aromatic carbocycles. The first-order chi connectivity index (χ1) is 10.6. The molecule has 0 aliphatic rings. The van der Waals surface area contributed by atoms with E-state index >= 15 is 0 Å². The molecule has 1 aromatic heterocycles. The Kier molecular flexibility index (Phi) is 4.48. The molecular formula is C16H9Cl3N2O. The van der Waals surface area contributed by atoms with Gasteiger partial charge in [0.05, 0.1) is 0 Å². The van der Waals surface area contributed by atoms with E-state index in [1.165, 1.54) is 0 Å². The minimum absolute atomic E-state index is 0.376. The molecule has 0 atom stereocenters. The van der Waals surface area contributed by atoms with E-state index < -0.39 is 0 Å². The fourth-order valence-electron chi connectivity index (χ4n) is 1.84. The van der Waals surface area contributed by atoms with Gasteiger partial charge < -0.3 is 4.42 Å². The zero-order valence-corrected chi connectivity index (χ0v) is 13.4. The number of nitrogens with zero attached hydrogens (tertiary/aromatic N) is 2. The van der Waals surface area contributed by atoms with Gasteiger partial charge in [0.25, 0.3) is 0 Å². The largest absolute Gasteiger partial charge is 0.417 e. The molecule has 3 aromatic rings. The number of benzene rings is 2. The van der Waals surface area contributed by atoms with Crippen LogP contribution in [0.4, 0.5) is 0 Å². The molecule has 0 amide bonds. The Labute approximate surface area is 142 Å². The summed E-state index contributed by atoms with van der Waals surface area (Å²) in [6.07, 6.45) is 3.48. The van der Waals surface area contributed by atoms with Crippen molar-refractivity contribution in [3.63, 3.8) is 0 Å². The third-order valence-corrected chi connectivity index (χ3v) is 3.68. The standard InChI is InChI=1S/C16H9Cl3N2O/c17-12-3-1-2-11(8-12)16-21-20-15(22-16)7-5-10-4-6-13(18)9-14(10)19/h1-9H/b7-5+. The lowest BCUT2D eigenvalue weighted by molar-refractivity contribution is 0.558. The second kappa shape index (κ2) is 6.53. The van der Waals surface area contributed by atoms with Gasteiger partial charge in [0.2, 0.25) is 11.8 Å². The summed E-state index contributed by atoms with van der Waals surface area (Å²) in [5.74, 6) is 0.783. The van der Waals surface area contributed by atoms with Crippen LogP contribution < -0.4 is 0 Å². The van der Waals surface area contributed by atoms with Crippen LogP contribution in [0, 0.1) is 0 Å². The summed E-state index contributed by atoms with van der Waals surface area (Å²) in [6, 6.07) is 12.5. The molecule has 0 aliphatic carbocycles. The zero-order chi connectivity index (χ0) is 15.5. The third kappa shape index (κ3) is 3.50. The summed E-state index contributed by atoms with van der Waals surface area (Å²) >= 11 is 17.9. The lowest BCUT2D eigenvalue weighted by Gasteiger charge is -1.97. The van der Waals surface area contributed by atoms with Gasteiger partial charge in [-0.1, -0.05) is 46.9 Å². The van der Waals surface area contributed by atoms with Gasteiger partial charge in [0.15, 0.2) is 0 Å². The Morgan fingerprint density at radius 1 is 0.864 bits per heavy atom. The van der Waals surface area contributed by atoms with Crippen molar-refractivity contribution in [2.24, 2.45) is 0 Å². The molecule has 22 heavy (non-hydrogen) atoms. The highest BCUT2D eigenvalue weighted by Crippen LogP contribution is 2.24. The van der Waals surface area contributed by atoms with E-state index in [9.17, 15) is 0 Å². The molecule has 0 unspecified atom stereocenters. The van der Waals surface area contributed by atoms with Crippen LogP contribution in [0.15, 0.2) is 46.9 Å². The summed E-state index contributed by atoms with van der Waals surface area (Å²) in [6.45, 7) is 0. The van der Waals surface area contributed by atoms with Crippen LogP contribution in [0.1, 0.15) is 11.5 Å². The molecule has 0 spiro atoms. The number of hydrogen-bond acceptors (Lipinski definition) is 3. The van der Waals surface area contributed by atoms with Gasteiger partial charge in [0, 0.05) is 26.7 Å². The highest BCUT2D eigenvalue weighted by molar-refractivity contribution is 6.35. The molecule has 0 bridgehead atoms. The first kappa shape index (κ1) is 15.1. The van der Waals surface area contributed by atoms with Gasteiger partial charge in [0.1, 0.15) is 0 Å². The second-order valence-corrected chi connectivity index (χ2v) is 5.74. The van der Waals surface area contributed by atoms with Crippen molar-refractivity contribution >= 4 is 47.0 Å². The van der Waals surface area contributed by atoms with Gasteiger partial charge in [-0.15, -0.1) is 10.2 Å². The first-order valence-corrected chi connectivity index (χ1v) is 7.48. The van der Waals surface area contributed by atoms with Gasteiger partial charge in [-0.25, -0.2) is 0 Å². The van der Waals surface area contributed by atoms with E-state index in [0.29, 0.717) is 26.8 Å². The first-order valence-electron chi connectivity index (χ1n) is 6.34. The van der Waals surface area contributed by atoms with Crippen LogP contribution >= 0.6 is 34.8 Å². The Morgan fingerprint density at radius 3 is 2.45 bits per heavy atom. The molecule has 6 heteroatoms. The van der Waals surface area contributed by atoms with Gasteiger partial charge in [-0.2, -0.15) is 0 Å². The molecule has 3 rings (SSSR count). The van der Waals surface area contributed by atoms with Crippen molar-refractivity contribution in [2.45, 2.75) is 0 Å². The minimum atomic E-state index is 0.376. The molecule has 1 heterocycles. The Morgan fingerprint density at radius 2 is 1.68 bits per heavy atom. The normalized spacial score (nSPS) is 11.2. The molecule has 0 radical (unpaired) electrons. The van der Waals surface area contributed by atoms with E-state index in [1.54, 1.807) is 36.4 Å². The van der Waals surface area contributed by atoms with E-state index in [1.807, 2.05) is 18.2 Å². The fraction of sp³-hybridized carbons (Fsp3) is 0. The Hall–Kier alpha value is -1.81. The molecule has 0 aliphatic heterocycles.